The number of nitrogens with zero attached hydrogens (tertiary/aromatic N) is 3. The third-order valence-electron chi connectivity index (χ3n) is 2.44. The van der Waals surface area contributed by atoms with E-state index < -0.39 is 0 Å². The standard InChI is InChI=1S/C10H17N3O2/c1-4-5-6-8(10(14)15-3)9-7-11-12-13(9)2/h7-8H,4-6H2,1-3H3. The molecule has 15 heavy (non-hydrogen) atoms. The lowest BCUT2D eigenvalue weighted by Gasteiger charge is -2.13. The first kappa shape index (κ1) is 11.7. The van der Waals surface area contributed by atoms with Crippen molar-refractivity contribution in [2.24, 2.45) is 7.05 Å². The Bertz CT molecular complexity index is 322. The van der Waals surface area contributed by atoms with Crippen molar-refractivity contribution in [1.82, 2.24) is 15.0 Å². The van der Waals surface area contributed by atoms with Crippen LogP contribution in [-0.2, 0) is 16.6 Å². The van der Waals surface area contributed by atoms with E-state index in [-0.39, 0.29) is 11.9 Å². The van der Waals surface area contributed by atoms with Crippen molar-refractivity contribution in [3.63, 3.8) is 0 Å². The summed E-state index contributed by atoms with van der Waals surface area (Å²) in [6, 6.07) is 0. The Hall–Kier alpha value is -1.39. The first-order chi connectivity index (χ1) is 7.20. The van der Waals surface area contributed by atoms with Crippen LogP contribution in [0.2, 0.25) is 0 Å². The lowest BCUT2D eigenvalue weighted by Crippen LogP contribution is -2.17. The summed E-state index contributed by atoms with van der Waals surface area (Å²) < 4.78 is 6.40. The summed E-state index contributed by atoms with van der Waals surface area (Å²) in [5, 5.41) is 7.59. The van der Waals surface area contributed by atoms with Crippen molar-refractivity contribution in [2.45, 2.75) is 32.1 Å². The Kier molecular flexibility index (Phi) is 4.27. The summed E-state index contributed by atoms with van der Waals surface area (Å²) in [6.45, 7) is 2.09. The van der Waals surface area contributed by atoms with E-state index in [1.807, 2.05) is 0 Å². The van der Waals surface area contributed by atoms with Gasteiger partial charge in [0.2, 0.25) is 0 Å². The number of ether oxygens (including phenoxy) is 1. The lowest BCUT2D eigenvalue weighted by molar-refractivity contribution is -0.142. The molecule has 1 unspecified atom stereocenters. The van der Waals surface area contributed by atoms with Crippen LogP contribution in [0.25, 0.3) is 0 Å². The molecule has 0 spiro atoms. The third-order valence-corrected chi connectivity index (χ3v) is 2.44. The molecule has 0 aliphatic heterocycles. The van der Waals surface area contributed by atoms with E-state index in [0.29, 0.717) is 0 Å². The number of hydrogen-bond acceptors (Lipinski definition) is 4. The van der Waals surface area contributed by atoms with Gasteiger partial charge in [-0.2, -0.15) is 0 Å². The van der Waals surface area contributed by atoms with Crippen LogP contribution in [-0.4, -0.2) is 28.1 Å². The minimum atomic E-state index is -0.241. The molecular weight excluding hydrogens is 194 g/mol. The molecule has 1 aromatic heterocycles. The summed E-state index contributed by atoms with van der Waals surface area (Å²) in [6.07, 6.45) is 4.45. The molecule has 5 heteroatoms. The van der Waals surface area contributed by atoms with E-state index in [0.717, 1.165) is 25.0 Å². The molecule has 0 bridgehead atoms. The summed E-state index contributed by atoms with van der Waals surface area (Å²) in [5.74, 6) is -0.455. The Morgan fingerprint density at radius 2 is 2.40 bits per heavy atom. The van der Waals surface area contributed by atoms with Crippen LogP contribution in [0.3, 0.4) is 0 Å². The molecule has 84 valence electrons. The van der Waals surface area contributed by atoms with Crippen molar-refractivity contribution >= 4 is 5.97 Å². The van der Waals surface area contributed by atoms with Gasteiger partial charge in [0, 0.05) is 7.05 Å². The fourth-order valence-electron chi connectivity index (χ4n) is 1.55. The fraction of sp³-hybridized carbons (Fsp3) is 0.700. The first-order valence-corrected chi connectivity index (χ1v) is 5.13. The van der Waals surface area contributed by atoms with Gasteiger partial charge < -0.3 is 4.74 Å². The van der Waals surface area contributed by atoms with Crippen molar-refractivity contribution < 1.29 is 9.53 Å². The van der Waals surface area contributed by atoms with E-state index in [4.69, 9.17) is 4.74 Å². The molecule has 0 saturated heterocycles. The van der Waals surface area contributed by atoms with Crippen molar-refractivity contribution in [3.05, 3.63) is 11.9 Å². The molecule has 0 aliphatic carbocycles. The predicted octanol–water partition coefficient (Wildman–Crippen LogP) is 1.26. The van der Waals surface area contributed by atoms with Crippen LogP contribution >= 0.6 is 0 Å². The van der Waals surface area contributed by atoms with Crippen LogP contribution in [0, 0.1) is 0 Å². The Morgan fingerprint density at radius 3 is 2.87 bits per heavy atom. The molecule has 0 radical (unpaired) electrons. The zero-order chi connectivity index (χ0) is 11.3. The van der Waals surface area contributed by atoms with E-state index in [2.05, 4.69) is 17.2 Å². The number of unbranched alkanes of at least 4 members (excludes halogenated alkanes) is 1. The number of aryl methyl sites for hydroxylation is 1. The maximum absolute atomic E-state index is 11.6. The Labute approximate surface area is 89.4 Å². The summed E-state index contributed by atoms with van der Waals surface area (Å²) in [4.78, 5) is 11.6. The third kappa shape index (κ3) is 2.78. The van der Waals surface area contributed by atoms with E-state index in [9.17, 15) is 4.79 Å². The molecule has 1 heterocycles. The first-order valence-electron chi connectivity index (χ1n) is 5.13. The lowest BCUT2D eigenvalue weighted by atomic mass is 9.99. The Morgan fingerprint density at radius 1 is 1.67 bits per heavy atom. The molecule has 0 aromatic carbocycles. The minimum absolute atomic E-state index is 0.214. The second kappa shape index (κ2) is 5.48. The minimum Gasteiger partial charge on any atom is -0.469 e. The van der Waals surface area contributed by atoms with Gasteiger partial charge >= 0.3 is 5.97 Å². The molecule has 0 saturated carbocycles. The highest BCUT2D eigenvalue weighted by Crippen LogP contribution is 2.22. The fourth-order valence-corrected chi connectivity index (χ4v) is 1.55. The highest BCUT2D eigenvalue weighted by molar-refractivity contribution is 5.77. The summed E-state index contributed by atoms with van der Waals surface area (Å²) in [7, 11) is 3.19. The normalized spacial score (nSPS) is 12.5. The van der Waals surface area contributed by atoms with Crippen LogP contribution < -0.4 is 0 Å². The zero-order valence-electron chi connectivity index (χ0n) is 9.43. The van der Waals surface area contributed by atoms with Gasteiger partial charge in [-0.1, -0.05) is 25.0 Å². The second-order valence-corrected chi connectivity index (χ2v) is 3.50. The molecule has 5 nitrogen and oxygen atoms in total. The van der Waals surface area contributed by atoms with Gasteiger partial charge in [-0.15, -0.1) is 5.10 Å². The number of methoxy groups -OCH3 is 1. The average molecular weight is 211 g/mol. The SMILES string of the molecule is CCCCC(C(=O)OC)c1cnnn1C. The second-order valence-electron chi connectivity index (χ2n) is 3.50. The largest absolute Gasteiger partial charge is 0.469 e. The van der Waals surface area contributed by atoms with Gasteiger partial charge in [0.15, 0.2) is 0 Å². The van der Waals surface area contributed by atoms with E-state index in [1.165, 1.54) is 7.11 Å². The molecular formula is C10H17N3O2. The molecule has 1 atom stereocenters. The molecule has 0 aliphatic rings. The number of hydrogen-bond donors (Lipinski definition) is 0. The number of rotatable bonds is 5. The molecule has 1 rings (SSSR count). The van der Waals surface area contributed by atoms with Gasteiger partial charge in [-0.25, -0.2) is 0 Å². The number of carbonyl (C=O) groups excluding carboxylic acids is 1. The van der Waals surface area contributed by atoms with Crippen LogP contribution in [0.15, 0.2) is 6.20 Å². The predicted molar refractivity (Wildman–Crippen MR) is 55.3 cm³/mol. The maximum Gasteiger partial charge on any atom is 0.314 e. The van der Waals surface area contributed by atoms with Gasteiger partial charge in [-0.05, 0) is 6.42 Å². The summed E-state index contributed by atoms with van der Waals surface area (Å²) >= 11 is 0. The van der Waals surface area contributed by atoms with Gasteiger partial charge in [0.25, 0.3) is 0 Å². The maximum atomic E-state index is 11.6. The van der Waals surface area contributed by atoms with Crippen LogP contribution in [0.5, 0.6) is 0 Å². The van der Waals surface area contributed by atoms with Gasteiger partial charge in [0.05, 0.1) is 19.0 Å². The van der Waals surface area contributed by atoms with E-state index in [1.54, 1.807) is 17.9 Å². The van der Waals surface area contributed by atoms with Crippen molar-refractivity contribution in [2.75, 3.05) is 7.11 Å². The van der Waals surface area contributed by atoms with Crippen molar-refractivity contribution in [1.29, 1.82) is 0 Å². The van der Waals surface area contributed by atoms with Gasteiger partial charge in [-0.3, -0.25) is 9.48 Å². The molecule has 0 N–H and O–H groups in total. The van der Waals surface area contributed by atoms with E-state index >= 15 is 0 Å². The quantitative estimate of drug-likeness (QED) is 0.688. The molecule has 0 fully saturated rings. The summed E-state index contributed by atoms with van der Waals surface area (Å²) in [5.41, 5.74) is 0.815. The van der Waals surface area contributed by atoms with Crippen LogP contribution in [0.1, 0.15) is 37.8 Å². The molecule has 0 amide bonds. The number of carbonyl (C=O) groups is 1. The smallest absolute Gasteiger partial charge is 0.314 e. The highest BCUT2D eigenvalue weighted by atomic mass is 16.5. The monoisotopic (exact) mass is 211 g/mol. The Balaban J connectivity index is 2.81. The van der Waals surface area contributed by atoms with Gasteiger partial charge in [0.1, 0.15) is 5.92 Å². The highest BCUT2D eigenvalue weighted by Gasteiger charge is 2.23. The average Bonchev–Trinajstić information content (AvgIpc) is 2.65. The van der Waals surface area contributed by atoms with Crippen LogP contribution in [0.4, 0.5) is 0 Å². The zero-order valence-corrected chi connectivity index (χ0v) is 9.43. The number of aromatic nitrogens is 3. The topological polar surface area (TPSA) is 57.0 Å². The molecule has 1 aromatic rings. The van der Waals surface area contributed by atoms with Crippen molar-refractivity contribution in [3.8, 4) is 0 Å². The number of esters is 1.